The smallest absolute Gasteiger partial charge is 0.269 e. The molecule has 29 heavy (non-hydrogen) atoms. The molecule has 0 aliphatic heterocycles. The Morgan fingerprint density at radius 3 is 2.17 bits per heavy atom. The van der Waals surface area contributed by atoms with Crippen molar-refractivity contribution in [3.63, 3.8) is 0 Å². The third-order valence-electron chi connectivity index (χ3n) is 4.01. The predicted molar refractivity (Wildman–Crippen MR) is 107 cm³/mol. The van der Waals surface area contributed by atoms with Gasteiger partial charge in [0.25, 0.3) is 11.8 Å². The SMILES string of the molecule is CCN(CC(=O)NCc1ccc(Cl)cc1)CC(=O)NNC(=O)c1ccc(F)cc1. The number of halogens is 2. The zero-order chi connectivity index (χ0) is 21.2. The third kappa shape index (κ3) is 7.89. The number of benzene rings is 2. The van der Waals surface area contributed by atoms with Crippen molar-refractivity contribution in [3.8, 4) is 0 Å². The van der Waals surface area contributed by atoms with Crippen molar-refractivity contribution >= 4 is 29.3 Å². The Morgan fingerprint density at radius 1 is 0.931 bits per heavy atom. The Kier molecular flexibility index (Phi) is 8.57. The van der Waals surface area contributed by atoms with Crippen molar-refractivity contribution < 1.29 is 18.8 Å². The van der Waals surface area contributed by atoms with Crippen molar-refractivity contribution in [2.75, 3.05) is 19.6 Å². The molecule has 0 heterocycles. The van der Waals surface area contributed by atoms with E-state index in [1.165, 1.54) is 12.1 Å². The van der Waals surface area contributed by atoms with Crippen LogP contribution in [0.4, 0.5) is 4.39 Å². The summed E-state index contributed by atoms with van der Waals surface area (Å²) in [5.41, 5.74) is 5.65. The van der Waals surface area contributed by atoms with Gasteiger partial charge in [-0.15, -0.1) is 0 Å². The highest BCUT2D eigenvalue weighted by molar-refractivity contribution is 6.30. The lowest BCUT2D eigenvalue weighted by Gasteiger charge is -2.19. The highest BCUT2D eigenvalue weighted by Gasteiger charge is 2.14. The number of carbonyl (C=O) groups is 3. The molecular weight excluding hydrogens is 399 g/mol. The molecule has 2 aromatic carbocycles. The lowest BCUT2D eigenvalue weighted by molar-refractivity contribution is -0.125. The highest BCUT2D eigenvalue weighted by atomic mass is 35.5. The quantitative estimate of drug-likeness (QED) is 0.569. The molecule has 0 atom stereocenters. The monoisotopic (exact) mass is 420 g/mol. The molecule has 0 aromatic heterocycles. The van der Waals surface area contributed by atoms with Gasteiger partial charge in [-0.1, -0.05) is 30.7 Å². The Hall–Kier alpha value is -2.97. The van der Waals surface area contributed by atoms with E-state index in [1.54, 1.807) is 17.0 Å². The van der Waals surface area contributed by atoms with Crippen LogP contribution in [0, 0.1) is 5.82 Å². The van der Waals surface area contributed by atoms with E-state index in [9.17, 15) is 18.8 Å². The van der Waals surface area contributed by atoms with Crippen LogP contribution in [0.3, 0.4) is 0 Å². The summed E-state index contributed by atoms with van der Waals surface area (Å²) >= 11 is 5.82. The maximum absolute atomic E-state index is 12.9. The van der Waals surface area contributed by atoms with Crippen molar-refractivity contribution in [1.82, 2.24) is 21.1 Å². The van der Waals surface area contributed by atoms with Crippen molar-refractivity contribution in [3.05, 3.63) is 70.5 Å². The lowest BCUT2D eigenvalue weighted by atomic mass is 10.2. The van der Waals surface area contributed by atoms with Crippen LogP contribution in [0.2, 0.25) is 5.02 Å². The van der Waals surface area contributed by atoms with Gasteiger partial charge in [0.1, 0.15) is 5.82 Å². The maximum Gasteiger partial charge on any atom is 0.269 e. The highest BCUT2D eigenvalue weighted by Crippen LogP contribution is 2.09. The maximum atomic E-state index is 12.9. The second kappa shape index (κ2) is 11.1. The normalized spacial score (nSPS) is 10.5. The number of hydrogen-bond acceptors (Lipinski definition) is 4. The van der Waals surface area contributed by atoms with Gasteiger partial charge in [-0.05, 0) is 48.5 Å². The molecule has 0 unspecified atom stereocenters. The summed E-state index contributed by atoms with van der Waals surface area (Å²) in [7, 11) is 0. The number of hydrogen-bond donors (Lipinski definition) is 3. The van der Waals surface area contributed by atoms with Gasteiger partial charge in [0.15, 0.2) is 0 Å². The summed E-state index contributed by atoms with van der Waals surface area (Å²) in [6.07, 6.45) is 0. The van der Waals surface area contributed by atoms with E-state index in [1.807, 2.05) is 19.1 Å². The second-order valence-corrected chi connectivity index (χ2v) is 6.65. The van der Waals surface area contributed by atoms with Crippen LogP contribution < -0.4 is 16.2 Å². The Morgan fingerprint density at radius 2 is 1.55 bits per heavy atom. The van der Waals surface area contributed by atoms with Gasteiger partial charge < -0.3 is 5.32 Å². The summed E-state index contributed by atoms with van der Waals surface area (Å²) in [4.78, 5) is 37.6. The molecule has 0 saturated heterocycles. The molecule has 0 saturated carbocycles. The van der Waals surface area contributed by atoms with Crippen LogP contribution in [0.5, 0.6) is 0 Å². The van der Waals surface area contributed by atoms with Gasteiger partial charge in [0.05, 0.1) is 13.1 Å². The molecule has 2 rings (SSSR count). The van der Waals surface area contributed by atoms with Crippen molar-refractivity contribution in [2.45, 2.75) is 13.5 Å². The first-order valence-corrected chi connectivity index (χ1v) is 9.33. The van der Waals surface area contributed by atoms with Crippen molar-refractivity contribution in [2.24, 2.45) is 0 Å². The third-order valence-corrected chi connectivity index (χ3v) is 4.26. The largest absolute Gasteiger partial charge is 0.351 e. The average molecular weight is 421 g/mol. The minimum absolute atomic E-state index is 0.0312. The fourth-order valence-corrected chi connectivity index (χ4v) is 2.51. The molecule has 0 fully saturated rings. The van der Waals surface area contributed by atoms with E-state index in [4.69, 9.17) is 11.6 Å². The van der Waals surface area contributed by atoms with Gasteiger partial charge in [0.2, 0.25) is 5.91 Å². The first-order valence-electron chi connectivity index (χ1n) is 8.95. The van der Waals surface area contributed by atoms with Gasteiger partial charge >= 0.3 is 0 Å². The zero-order valence-electron chi connectivity index (χ0n) is 15.9. The number of carbonyl (C=O) groups excluding carboxylic acids is 3. The van der Waals surface area contributed by atoms with E-state index < -0.39 is 17.6 Å². The van der Waals surface area contributed by atoms with Gasteiger partial charge in [-0.3, -0.25) is 30.1 Å². The fraction of sp³-hybridized carbons (Fsp3) is 0.250. The van der Waals surface area contributed by atoms with Crippen LogP contribution in [0.25, 0.3) is 0 Å². The van der Waals surface area contributed by atoms with Gasteiger partial charge in [-0.2, -0.15) is 0 Å². The van der Waals surface area contributed by atoms with E-state index in [0.29, 0.717) is 18.1 Å². The topological polar surface area (TPSA) is 90.5 Å². The molecule has 3 amide bonds. The summed E-state index contributed by atoms with van der Waals surface area (Å²) in [5.74, 6) is -1.74. The van der Waals surface area contributed by atoms with Gasteiger partial charge in [0, 0.05) is 17.1 Å². The molecule has 0 aliphatic carbocycles. The van der Waals surface area contributed by atoms with Crippen LogP contribution in [0.1, 0.15) is 22.8 Å². The van der Waals surface area contributed by atoms with Crippen LogP contribution in [-0.2, 0) is 16.1 Å². The Labute approximate surface area is 173 Å². The van der Waals surface area contributed by atoms with E-state index >= 15 is 0 Å². The number of nitrogens with zero attached hydrogens (tertiary/aromatic N) is 1. The van der Waals surface area contributed by atoms with E-state index in [-0.39, 0.29) is 24.6 Å². The number of rotatable bonds is 8. The van der Waals surface area contributed by atoms with E-state index in [2.05, 4.69) is 16.2 Å². The zero-order valence-corrected chi connectivity index (χ0v) is 16.6. The van der Waals surface area contributed by atoms with Crippen LogP contribution in [-0.4, -0.2) is 42.3 Å². The Balaban J connectivity index is 1.73. The molecule has 0 spiro atoms. The molecule has 0 radical (unpaired) electrons. The van der Waals surface area contributed by atoms with Gasteiger partial charge in [-0.25, -0.2) is 4.39 Å². The molecule has 9 heteroatoms. The summed E-state index contributed by atoms with van der Waals surface area (Å²) < 4.78 is 12.9. The standard InChI is InChI=1S/C20H22ClFN4O3/c1-2-26(12-18(27)23-11-14-3-7-16(21)8-4-14)13-19(28)24-25-20(29)15-5-9-17(22)10-6-15/h3-10H,2,11-13H2,1H3,(H,23,27)(H,24,28)(H,25,29). The lowest BCUT2D eigenvalue weighted by Crippen LogP contribution is -2.48. The van der Waals surface area contributed by atoms with Crippen molar-refractivity contribution in [1.29, 1.82) is 0 Å². The minimum Gasteiger partial charge on any atom is -0.351 e. The predicted octanol–water partition coefficient (Wildman–Crippen LogP) is 1.88. The first-order chi connectivity index (χ1) is 13.9. The second-order valence-electron chi connectivity index (χ2n) is 6.22. The Bertz CT molecular complexity index is 844. The van der Waals surface area contributed by atoms with E-state index in [0.717, 1.165) is 17.7 Å². The number of likely N-dealkylation sites (N-methyl/N-ethyl adjacent to an activating group) is 1. The molecule has 7 nitrogen and oxygen atoms in total. The molecule has 154 valence electrons. The fourth-order valence-electron chi connectivity index (χ4n) is 2.38. The number of amides is 3. The molecular formula is C20H22ClFN4O3. The number of nitrogens with one attached hydrogen (secondary N) is 3. The van der Waals surface area contributed by atoms with Crippen LogP contribution in [0.15, 0.2) is 48.5 Å². The molecule has 2 aromatic rings. The van der Waals surface area contributed by atoms with Crippen LogP contribution >= 0.6 is 11.6 Å². The summed E-state index contributed by atoms with van der Waals surface area (Å²) in [6, 6.07) is 12.0. The molecule has 0 aliphatic rings. The molecule has 0 bridgehead atoms. The molecule has 3 N–H and O–H groups in total. The number of hydrazine groups is 1. The summed E-state index contributed by atoms with van der Waals surface area (Å²) in [6.45, 7) is 2.59. The average Bonchev–Trinajstić information content (AvgIpc) is 2.71. The summed E-state index contributed by atoms with van der Waals surface area (Å²) in [5, 5.41) is 3.40. The minimum atomic E-state index is -0.567. The first kappa shape index (κ1) is 22.3.